The summed E-state index contributed by atoms with van der Waals surface area (Å²) in [7, 11) is 0. The minimum atomic E-state index is -0.295. The number of thiocarbonyl (C=S) groups is 1. The Bertz CT molecular complexity index is 613. The first kappa shape index (κ1) is 14.2. The maximum Gasteiger partial charge on any atom is 0.123 e. The van der Waals surface area contributed by atoms with E-state index in [4.69, 9.17) is 18.1 Å². The summed E-state index contributed by atoms with van der Waals surface area (Å²) in [4.78, 5) is 0.380. The van der Waals surface area contributed by atoms with Gasteiger partial charge in [0.15, 0.2) is 0 Å². The molecule has 1 aliphatic heterocycles. The number of allylic oxidation sites excluding steroid dienone is 3. The fraction of sp³-hybridized carbons (Fsp3) is 0. The van der Waals surface area contributed by atoms with E-state index < -0.39 is 0 Å². The van der Waals surface area contributed by atoms with E-state index in [1.54, 1.807) is 24.5 Å². The zero-order valence-corrected chi connectivity index (χ0v) is 11.5. The molecule has 0 unspecified atom stereocenters. The van der Waals surface area contributed by atoms with Crippen LogP contribution in [0.4, 0.5) is 4.39 Å². The van der Waals surface area contributed by atoms with E-state index in [9.17, 15) is 4.39 Å². The number of nitrogens with one attached hydrogen (secondary N) is 2. The highest BCUT2D eigenvalue weighted by molar-refractivity contribution is 7.80. The van der Waals surface area contributed by atoms with Gasteiger partial charge in [0, 0.05) is 18.0 Å². The van der Waals surface area contributed by atoms with Crippen LogP contribution in [0, 0.1) is 5.82 Å². The van der Waals surface area contributed by atoms with E-state index in [1.807, 2.05) is 12.2 Å². The van der Waals surface area contributed by atoms with Gasteiger partial charge in [-0.25, -0.2) is 10.2 Å². The van der Waals surface area contributed by atoms with Gasteiger partial charge in [-0.3, -0.25) is 0 Å². The second kappa shape index (κ2) is 6.27. The molecule has 0 atom stereocenters. The number of halogens is 1. The molecule has 20 heavy (non-hydrogen) atoms. The van der Waals surface area contributed by atoms with Gasteiger partial charge in [-0.05, 0) is 41.0 Å². The van der Waals surface area contributed by atoms with Crippen molar-refractivity contribution < 1.29 is 4.39 Å². The summed E-state index contributed by atoms with van der Waals surface area (Å²) in [5, 5.41) is 2.94. The molecule has 102 valence electrons. The van der Waals surface area contributed by atoms with Gasteiger partial charge in [0.1, 0.15) is 10.8 Å². The van der Waals surface area contributed by atoms with E-state index in [2.05, 4.69) is 17.3 Å². The van der Waals surface area contributed by atoms with Crippen LogP contribution < -0.4 is 16.6 Å². The molecule has 5 heteroatoms. The van der Waals surface area contributed by atoms with E-state index in [-0.39, 0.29) is 5.82 Å². The van der Waals surface area contributed by atoms with Crippen LogP contribution in [0.5, 0.6) is 0 Å². The number of hydrazine groups is 1. The lowest BCUT2D eigenvalue weighted by atomic mass is 9.94. The van der Waals surface area contributed by atoms with Crippen LogP contribution in [0.3, 0.4) is 0 Å². The highest BCUT2D eigenvalue weighted by atomic mass is 32.1. The molecule has 3 nitrogen and oxygen atoms in total. The molecule has 1 heterocycles. The van der Waals surface area contributed by atoms with Crippen LogP contribution in [0.25, 0.3) is 5.57 Å². The summed E-state index contributed by atoms with van der Waals surface area (Å²) < 4.78 is 13.0. The topological polar surface area (TPSA) is 50.1 Å². The Balaban J connectivity index is 2.47. The molecular formula is C15H14FN3S. The summed E-state index contributed by atoms with van der Waals surface area (Å²) in [6.45, 7) is 4.05. The molecule has 0 aromatic heterocycles. The zero-order valence-electron chi connectivity index (χ0n) is 10.7. The van der Waals surface area contributed by atoms with Gasteiger partial charge < -0.3 is 10.7 Å². The van der Waals surface area contributed by atoms with E-state index in [0.29, 0.717) is 16.1 Å². The number of rotatable bonds is 3. The Kier molecular flexibility index (Phi) is 4.45. The van der Waals surface area contributed by atoms with Crippen LogP contribution in [0.1, 0.15) is 5.56 Å². The Morgan fingerprint density at radius 1 is 1.20 bits per heavy atom. The largest absolute Gasteiger partial charge is 0.368 e. The smallest absolute Gasteiger partial charge is 0.123 e. The quantitative estimate of drug-likeness (QED) is 0.346. The van der Waals surface area contributed by atoms with Crippen molar-refractivity contribution >= 4 is 22.8 Å². The highest BCUT2D eigenvalue weighted by Crippen LogP contribution is 2.26. The SMILES string of the molecule is C=C(C(C(=S)NN)=C1C=CNC=C1)c1ccc(F)cc1. The van der Waals surface area contributed by atoms with Gasteiger partial charge in [-0.2, -0.15) is 0 Å². The van der Waals surface area contributed by atoms with Crippen LogP contribution in [-0.2, 0) is 0 Å². The third kappa shape index (κ3) is 3.01. The molecular weight excluding hydrogens is 273 g/mol. The molecule has 0 radical (unpaired) electrons. The number of dihydropyridines is 1. The summed E-state index contributed by atoms with van der Waals surface area (Å²) in [6, 6.07) is 6.09. The van der Waals surface area contributed by atoms with Gasteiger partial charge >= 0.3 is 0 Å². The third-order valence-electron chi connectivity index (χ3n) is 2.86. The fourth-order valence-corrected chi connectivity index (χ4v) is 2.10. The van der Waals surface area contributed by atoms with E-state index in [0.717, 1.165) is 11.1 Å². The number of hydrogen-bond donors (Lipinski definition) is 3. The molecule has 0 bridgehead atoms. The molecule has 4 N–H and O–H groups in total. The summed E-state index contributed by atoms with van der Waals surface area (Å²) in [5.74, 6) is 5.13. The van der Waals surface area contributed by atoms with Gasteiger partial charge in [0.2, 0.25) is 0 Å². The first-order valence-corrected chi connectivity index (χ1v) is 6.34. The van der Waals surface area contributed by atoms with Crippen molar-refractivity contribution in [1.82, 2.24) is 10.7 Å². The lowest BCUT2D eigenvalue weighted by Gasteiger charge is -2.16. The molecule has 1 aromatic rings. The van der Waals surface area contributed by atoms with E-state index >= 15 is 0 Å². The summed E-state index contributed by atoms with van der Waals surface area (Å²) in [5.41, 5.74) is 5.53. The van der Waals surface area contributed by atoms with Gasteiger partial charge in [-0.15, -0.1) is 0 Å². The van der Waals surface area contributed by atoms with E-state index in [1.165, 1.54) is 12.1 Å². The van der Waals surface area contributed by atoms with Gasteiger partial charge in [0.25, 0.3) is 0 Å². The molecule has 1 aromatic carbocycles. The maximum absolute atomic E-state index is 13.0. The molecule has 0 saturated heterocycles. The van der Waals surface area contributed by atoms with Crippen molar-refractivity contribution in [3.8, 4) is 0 Å². The summed E-state index contributed by atoms with van der Waals surface area (Å²) >= 11 is 5.24. The highest BCUT2D eigenvalue weighted by Gasteiger charge is 2.14. The first-order chi connectivity index (χ1) is 9.63. The summed E-state index contributed by atoms with van der Waals surface area (Å²) in [6.07, 6.45) is 7.31. The number of nitrogens with two attached hydrogens (primary N) is 1. The average Bonchev–Trinajstić information content (AvgIpc) is 2.49. The second-order valence-electron chi connectivity index (χ2n) is 4.12. The molecule has 2 rings (SSSR count). The lowest BCUT2D eigenvalue weighted by molar-refractivity contribution is 0.627. The zero-order chi connectivity index (χ0) is 14.5. The monoisotopic (exact) mass is 287 g/mol. The Morgan fingerprint density at radius 3 is 2.35 bits per heavy atom. The Hall–Kier alpha value is -2.24. The normalized spacial score (nSPS) is 12.8. The van der Waals surface area contributed by atoms with Gasteiger partial charge in [-0.1, -0.05) is 30.9 Å². The van der Waals surface area contributed by atoms with Crippen molar-refractivity contribution in [2.75, 3.05) is 0 Å². The van der Waals surface area contributed by atoms with Crippen molar-refractivity contribution in [2.24, 2.45) is 5.84 Å². The molecule has 0 amide bonds. The molecule has 0 saturated carbocycles. The van der Waals surface area contributed by atoms with Crippen molar-refractivity contribution in [3.05, 3.63) is 77.9 Å². The number of benzene rings is 1. The Morgan fingerprint density at radius 2 is 1.80 bits per heavy atom. The molecule has 0 fully saturated rings. The van der Waals surface area contributed by atoms with Crippen molar-refractivity contribution in [3.63, 3.8) is 0 Å². The standard InChI is InChI=1S/C15H14FN3S/c1-10(11-2-4-13(16)5-3-11)14(15(20)19-17)12-6-8-18-9-7-12/h2-9,18H,1,17H2,(H,19,20). The average molecular weight is 287 g/mol. The molecule has 0 spiro atoms. The van der Waals surface area contributed by atoms with Crippen LogP contribution >= 0.6 is 12.2 Å². The van der Waals surface area contributed by atoms with Crippen molar-refractivity contribution in [2.45, 2.75) is 0 Å². The molecule has 0 aliphatic carbocycles. The third-order valence-corrected chi connectivity index (χ3v) is 3.18. The Labute approximate surface area is 122 Å². The predicted octanol–water partition coefficient (Wildman–Crippen LogP) is 2.56. The number of hydrogen-bond acceptors (Lipinski definition) is 3. The molecule has 1 aliphatic rings. The minimum absolute atomic E-state index is 0.295. The second-order valence-corrected chi connectivity index (χ2v) is 4.53. The van der Waals surface area contributed by atoms with Crippen LogP contribution in [0.15, 0.2) is 66.5 Å². The minimum Gasteiger partial charge on any atom is -0.368 e. The maximum atomic E-state index is 13.0. The fourth-order valence-electron chi connectivity index (χ4n) is 1.86. The van der Waals surface area contributed by atoms with Crippen molar-refractivity contribution in [1.29, 1.82) is 0 Å². The van der Waals surface area contributed by atoms with Crippen LogP contribution in [-0.4, -0.2) is 4.99 Å². The first-order valence-electron chi connectivity index (χ1n) is 5.93. The van der Waals surface area contributed by atoms with Crippen LogP contribution in [0.2, 0.25) is 0 Å². The van der Waals surface area contributed by atoms with Gasteiger partial charge in [0.05, 0.1) is 0 Å². The lowest BCUT2D eigenvalue weighted by Crippen LogP contribution is -2.30. The predicted molar refractivity (Wildman–Crippen MR) is 83.8 cm³/mol.